The van der Waals surface area contributed by atoms with Crippen LogP contribution in [0, 0.1) is 0 Å². The lowest BCUT2D eigenvalue weighted by atomic mass is 9.93. The molecule has 4 aromatic heterocycles. The van der Waals surface area contributed by atoms with E-state index in [0.29, 0.717) is 16.7 Å². The van der Waals surface area contributed by atoms with E-state index in [4.69, 9.17) is 28.2 Å². The summed E-state index contributed by atoms with van der Waals surface area (Å²) in [5, 5.41) is 20.0. The summed E-state index contributed by atoms with van der Waals surface area (Å²) in [5.74, 6) is 0.219. The summed E-state index contributed by atoms with van der Waals surface area (Å²) in [5.41, 5.74) is 6.37. The fraction of sp³-hybridized carbons (Fsp3) is 0.200. The molecule has 0 radical (unpaired) electrons. The fourth-order valence-corrected chi connectivity index (χ4v) is 6.28. The molecule has 2 aliphatic carbocycles. The van der Waals surface area contributed by atoms with Crippen LogP contribution in [0.5, 0.6) is 0 Å². The Labute approximate surface area is 232 Å². The zero-order chi connectivity index (χ0) is 26.7. The van der Waals surface area contributed by atoms with Crippen LogP contribution in [0.1, 0.15) is 53.0 Å². The van der Waals surface area contributed by atoms with Gasteiger partial charge in [-0.3, -0.25) is 14.8 Å². The molecule has 7 nitrogen and oxygen atoms in total. The van der Waals surface area contributed by atoms with Crippen LogP contribution in [-0.4, -0.2) is 36.6 Å². The van der Waals surface area contributed by atoms with Gasteiger partial charge in [0.05, 0.1) is 28.1 Å². The molecule has 0 saturated heterocycles. The number of hydrogen-bond acceptors (Lipinski definition) is 5. The number of carbonyl (C=O) groups is 1. The van der Waals surface area contributed by atoms with Crippen molar-refractivity contribution in [2.75, 3.05) is 0 Å². The van der Waals surface area contributed by atoms with Crippen LogP contribution in [0.15, 0.2) is 53.9 Å². The number of oxime groups is 1. The largest absolute Gasteiger partial charge is 0.411 e. The Balaban J connectivity index is 0.000000130. The summed E-state index contributed by atoms with van der Waals surface area (Å²) in [6.45, 7) is 0. The van der Waals surface area contributed by atoms with Crippen LogP contribution in [-0.2, 0) is 12.8 Å². The molecule has 0 bridgehead atoms. The van der Waals surface area contributed by atoms with Crippen LogP contribution in [0.25, 0.3) is 43.4 Å². The lowest BCUT2D eigenvalue weighted by molar-refractivity contribution is 0.0974. The quantitative estimate of drug-likeness (QED) is 0.101. The van der Waals surface area contributed by atoms with Gasteiger partial charge in [0.1, 0.15) is 10.3 Å². The molecule has 6 aromatic rings. The topological polar surface area (TPSA) is 107 Å². The molecule has 0 spiro atoms. The van der Waals surface area contributed by atoms with Crippen molar-refractivity contribution in [1.82, 2.24) is 19.9 Å². The molecule has 4 heterocycles. The highest BCUT2D eigenvalue weighted by Gasteiger charge is 2.25. The lowest BCUT2D eigenvalue weighted by Crippen LogP contribution is -2.10. The van der Waals surface area contributed by atoms with E-state index in [1.54, 1.807) is 0 Å². The maximum absolute atomic E-state index is 12.1. The Bertz CT molecular complexity index is 1990. The molecule has 8 rings (SSSR count). The van der Waals surface area contributed by atoms with E-state index in [1.807, 2.05) is 48.8 Å². The van der Waals surface area contributed by atoms with Gasteiger partial charge >= 0.3 is 0 Å². The fourth-order valence-electron chi connectivity index (χ4n) is 5.95. The molecule has 0 atom stereocenters. The summed E-state index contributed by atoms with van der Waals surface area (Å²) in [6.07, 6.45) is 8.88. The zero-order valence-electron chi connectivity index (χ0n) is 20.8. The van der Waals surface area contributed by atoms with E-state index in [2.05, 4.69) is 20.1 Å². The van der Waals surface area contributed by atoms with E-state index in [1.165, 1.54) is 0 Å². The van der Waals surface area contributed by atoms with Gasteiger partial charge in [-0.2, -0.15) is 0 Å². The second kappa shape index (κ2) is 9.36. The minimum atomic E-state index is 0.219. The molecule has 0 saturated carbocycles. The standard InChI is InChI=1S/C15H12ClN3O.C15H11ClN2O/c16-13-6-10-8(7-17-13)4-5-9-14-11(18-15(9)10)2-1-3-12(14)19-20;16-13-6-10-8(7-17-13)4-5-9-14-11(18-15(9)10)2-1-3-12(14)19/h4-7,17,20H,1-3H2;4-7,17H,1-3H2/b19-12+;. The van der Waals surface area contributed by atoms with Crippen molar-refractivity contribution in [1.29, 1.82) is 0 Å². The first kappa shape index (κ1) is 24.1. The molecular formula is C30H23Cl2N5O2. The van der Waals surface area contributed by atoms with Gasteiger partial charge in [-0.05, 0) is 44.2 Å². The first-order chi connectivity index (χ1) is 19.0. The average Bonchev–Trinajstić information content (AvgIpc) is 3.53. The van der Waals surface area contributed by atoms with Gasteiger partial charge in [0, 0.05) is 62.3 Å². The molecule has 9 heteroatoms. The summed E-state index contributed by atoms with van der Waals surface area (Å²) < 4.78 is 0. The molecule has 2 aromatic carbocycles. The van der Waals surface area contributed by atoms with Crippen LogP contribution in [0.3, 0.4) is 0 Å². The highest BCUT2D eigenvalue weighted by atomic mass is 35.5. The number of rotatable bonds is 0. The summed E-state index contributed by atoms with van der Waals surface area (Å²) in [7, 11) is 0. The molecule has 2 aliphatic rings. The number of pyridine rings is 2. The second-order valence-corrected chi connectivity index (χ2v) is 10.8. The number of aromatic amines is 2. The molecule has 39 heavy (non-hydrogen) atoms. The van der Waals surface area contributed by atoms with Crippen molar-refractivity contribution in [2.24, 2.45) is 5.16 Å². The predicted octanol–water partition coefficient (Wildman–Crippen LogP) is 7.77. The van der Waals surface area contributed by atoms with E-state index in [0.717, 1.165) is 104 Å². The summed E-state index contributed by atoms with van der Waals surface area (Å²) in [6, 6.07) is 11.9. The number of benzene rings is 2. The maximum atomic E-state index is 12.1. The number of halogens is 2. The molecular weight excluding hydrogens is 533 g/mol. The van der Waals surface area contributed by atoms with E-state index >= 15 is 0 Å². The third kappa shape index (κ3) is 3.96. The molecule has 0 amide bonds. The Hall–Kier alpha value is -3.94. The Kier molecular flexibility index (Phi) is 5.79. The van der Waals surface area contributed by atoms with Crippen LogP contribution >= 0.6 is 23.2 Å². The summed E-state index contributed by atoms with van der Waals surface area (Å²) >= 11 is 12.1. The van der Waals surface area contributed by atoms with Crippen molar-refractivity contribution in [2.45, 2.75) is 38.5 Å². The van der Waals surface area contributed by atoms with Gasteiger partial charge < -0.3 is 15.2 Å². The number of Topliss-reactive ketones (excluding diaryl/α,β-unsaturated/α-hetero) is 1. The zero-order valence-corrected chi connectivity index (χ0v) is 22.3. The number of nitrogens with one attached hydrogen (secondary N) is 2. The van der Waals surface area contributed by atoms with Gasteiger partial charge in [0.15, 0.2) is 5.78 Å². The third-order valence-electron chi connectivity index (χ3n) is 7.72. The van der Waals surface area contributed by atoms with Gasteiger partial charge in [0.2, 0.25) is 0 Å². The van der Waals surface area contributed by atoms with Gasteiger partial charge in [0.25, 0.3) is 0 Å². The van der Waals surface area contributed by atoms with E-state index < -0.39 is 0 Å². The van der Waals surface area contributed by atoms with Crippen LogP contribution in [0.4, 0.5) is 0 Å². The molecule has 0 unspecified atom stereocenters. The number of aryl methyl sites for hydroxylation is 2. The number of nitrogens with zero attached hydrogens (tertiary/aromatic N) is 3. The van der Waals surface area contributed by atoms with Crippen molar-refractivity contribution in [3.8, 4) is 0 Å². The predicted molar refractivity (Wildman–Crippen MR) is 156 cm³/mol. The number of fused-ring (bicyclic) bond motifs is 10. The van der Waals surface area contributed by atoms with E-state index in [-0.39, 0.29) is 5.78 Å². The minimum Gasteiger partial charge on any atom is -0.411 e. The highest BCUT2D eigenvalue weighted by molar-refractivity contribution is 6.31. The number of hydrogen-bond donors (Lipinski definition) is 3. The Morgan fingerprint density at radius 2 is 1.26 bits per heavy atom. The second-order valence-electron chi connectivity index (χ2n) is 10.0. The summed E-state index contributed by atoms with van der Waals surface area (Å²) in [4.78, 5) is 27.5. The highest BCUT2D eigenvalue weighted by Crippen LogP contribution is 2.35. The lowest BCUT2D eigenvalue weighted by Gasteiger charge is -2.11. The Morgan fingerprint density at radius 1 is 0.718 bits per heavy atom. The number of aromatic nitrogens is 4. The first-order valence-corrected chi connectivity index (χ1v) is 13.7. The SMILES string of the molecule is O/N=C1\CCCc2nc3c(ccc4c[nH]c(Cl)cc43)c21.O=C1CCCc2nc3c(ccc4c[nH]c(Cl)cc43)c21. The number of carbonyl (C=O) groups excluding carboxylic acids is 1. The smallest absolute Gasteiger partial charge is 0.165 e. The number of ketones is 1. The molecule has 0 aliphatic heterocycles. The monoisotopic (exact) mass is 555 g/mol. The minimum absolute atomic E-state index is 0.219. The first-order valence-electron chi connectivity index (χ1n) is 12.9. The van der Waals surface area contributed by atoms with Crippen molar-refractivity contribution >= 4 is 78.0 Å². The van der Waals surface area contributed by atoms with Crippen LogP contribution in [0.2, 0.25) is 10.3 Å². The van der Waals surface area contributed by atoms with Crippen molar-refractivity contribution < 1.29 is 10.0 Å². The van der Waals surface area contributed by atoms with E-state index in [9.17, 15) is 10.0 Å². The average molecular weight is 556 g/mol. The Morgan fingerprint density at radius 3 is 1.85 bits per heavy atom. The van der Waals surface area contributed by atoms with Crippen molar-refractivity contribution in [3.05, 3.63) is 81.6 Å². The van der Waals surface area contributed by atoms with Gasteiger partial charge in [-0.1, -0.05) is 52.6 Å². The maximum Gasteiger partial charge on any atom is 0.165 e. The molecule has 3 N–H and O–H groups in total. The molecule has 194 valence electrons. The van der Waals surface area contributed by atoms with Crippen LogP contribution < -0.4 is 0 Å². The van der Waals surface area contributed by atoms with Crippen molar-refractivity contribution in [3.63, 3.8) is 0 Å². The molecule has 0 fully saturated rings. The normalized spacial score (nSPS) is 16.1. The third-order valence-corrected chi connectivity index (χ3v) is 8.15. The van der Waals surface area contributed by atoms with Gasteiger partial charge in [-0.15, -0.1) is 0 Å². The van der Waals surface area contributed by atoms with Gasteiger partial charge in [-0.25, -0.2) is 0 Å². The number of H-pyrrole nitrogens is 2.